The Morgan fingerprint density at radius 3 is 2.93 bits per heavy atom. The fourth-order valence-electron chi connectivity index (χ4n) is 1.11. The van der Waals surface area contributed by atoms with Gasteiger partial charge >= 0.3 is 0 Å². The number of halogens is 2. The van der Waals surface area contributed by atoms with E-state index in [1.807, 2.05) is 18.2 Å². The zero-order valence-electron chi connectivity index (χ0n) is 7.61. The normalized spacial score (nSPS) is 10.0. The maximum atomic E-state index is 4.13. The van der Waals surface area contributed by atoms with Gasteiger partial charge < -0.3 is 5.32 Å². The minimum Gasteiger partial charge on any atom is -0.339 e. The summed E-state index contributed by atoms with van der Waals surface area (Å²) < 4.78 is 2.03. The molecular formula is C10H7BrIN3. The van der Waals surface area contributed by atoms with E-state index in [4.69, 9.17) is 0 Å². The predicted molar refractivity (Wildman–Crippen MR) is 72.2 cm³/mol. The molecular weight excluding hydrogens is 369 g/mol. The maximum Gasteiger partial charge on any atom is 0.148 e. The minimum absolute atomic E-state index is 0.770. The number of hydrogen-bond donors (Lipinski definition) is 1. The summed E-state index contributed by atoms with van der Waals surface area (Å²) in [7, 11) is 0. The lowest BCUT2D eigenvalue weighted by Crippen LogP contribution is -1.95. The first-order valence-electron chi connectivity index (χ1n) is 4.24. The predicted octanol–water partition coefficient (Wildman–Crippen LogP) is 3.59. The lowest BCUT2D eigenvalue weighted by atomic mass is 10.3. The molecule has 76 valence electrons. The van der Waals surface area contributed by atoms with Crippen LogP contribution in [0.15, 0.2) is 41.3 Å². The first-order valence-corrected chi connectivity index (χ1v) is 6.11. The highest BCUT2D eigenvalue weighted by atomic mass is 127. The molecule has 3 nitrogen and oxygen atoms in total. The SMILES string of the molecule is Brc1cncnc1Nc1cccc(I)c1. The number of benzene rings is 1. The van der Waals surface area contributed by atoms with E-state index < -0.39 is 0 Å². The van der Waals surface area contributed by atoms with Crippen molar-refractivity contribution >= 4 is 50.0 Å². The summed E-state index contributed by atoms with van der Waals surface area (Å²) in [5.74, 6) is 0.770. The molecule has 0 bridgehead atoms. The lowest BCUT2D eigenvalue weighted by Gasteiger charge is -2.06. The molecule has 2 rings (SSSR count). The molecule has 0 unspecified atom stereocenters. The molecule has 0 amide bonds. The van der Waals surface area contributed by atoms with Crippen LogP contribution in [0.4, 0.5) is 11.5 Å². The van der Waals surface area contributed by atoms with Gasteiger partial charge in [0.2, 0.25) is 0 Å². The standard InChI is InChI=1S/C10H7BrIN3/c11-9-5-13-6-14-10(9)15-8-3-1-2-7(12)4-8/h1-6H,(H,13,14,15). The fourth-order valence-corrected chi connectivity index (χ4v) is 1.97. The average molecular weight is 376 g/mol. The third-order valence-electron chi connectivity index (χ3n) is 1.75. The molecule has 0 spiro atoms. The lowest BCUT2D eigenvalue weighted by molar-refractivity contribution is 1.15. The van der Waals surface area contributed by atoms with E-state index in [9.17, 15) is 0 Å². The van der Waals surface area contributed by atoms with Crippen LogP contribution in [0.25, 0.3) is 0 Å². The van der Waals surface area contributed by atoms with E-state index in [2.05, 4.69) is 59.9 Å². The van der Waals surface area contributed by atoms with Crippen LogP contribution >= 0.6 is 38.5 Å². The number of anilines is 2. The van der Waals surface area contributed by atoms with Crippen LogP contribution in [-0.4, -0.2) is 9.97 Å². The molecule has 15 heavy (non-hydrogen) atoms. The summed E-state index contributed by atoms with van der Waals surface area (Å²) in [6.07, 6.45) is 3.23. The number of nitrogens with one attached hydrogen (secondary N) is 1. The first-order chi connectivity index (χ1) is 7.25. The van der Waals surface area contributed by atoms with Gasteiger partial charge in [-0.05, 0) is 56.7 Å². The van der Waals surface area contributed by atoms with Gasteiger partial charge in [-0.1, -0.05) is 6.07 Å². The monoisotopic (exact) mass is 375 g/mol. The summed E-state index contributed by atoms with van der Waals surface area (Å²) in [6, 6.07) is 8.09. The Balaban J connectivity index is 2.26. The van der Waals surface area contributed by atoms with Crippen LogP contribution in [0.5, 0.6) is 0 Å². The highest BCUT2D eigenvalue weighted by molar-refractivity contribution is 14.1. The van der Waals surface area contributed by atoms with E-state index in [0.29, 0.717) is 0 Å². The van der Waals surface area contributed by atoms with Crippen LogP contribution in [0.1, 0.15) is 0 Å². The van der Waals surface area contributed by atoms with Crippen molar-refractivity contribution < 1.29 is 0 Å². The van der Waals surface area contributed by atoms with Crippen molar-refractivity contribution in [3.8, 4) is 0 Å². The topological polar surface area (TPSA) is 37.8 Å². The Kier molecular flexibility index (Phi) is 3.53. The minimum atomic E-state index is 0.770. The molecule has 0 aliphatic heterocycles. The number of rotatable bonds is 2. The van der Waals surface area contributed by atoms with Crippen LogP contribution in [0.2, 0.25) is 0 Å². The number of hydrogen-bond acceptors (Lipinski definition) is 3. The van der Waals surface area contributed by atoms with Gasteiger partial charge in [0, 0.05) is 15.5 Å². The second-order valence-corrected chi connectivity index (χ2v) is 4.95. The molecule has 5 heteroatoms. The summed E-state index contributed by atoms with van der Waals surface area (Å²) >= 11 is 5.66. The summed E-state index contributed by atoms with van der Waals surface area (Å²) in [4.78, 5) is 8.04. The zero-order valence-corrected chi connectivity index (χ0v) is 11.4. The van der Waals surface area contributed by atoms with E-state index in [1.165, 1.54) is 9.90 Å². The summed E-state index contributed by atoms with van der Waals surface area (Å²) in [5.41, 5.74) is 1.02. The van der Waals surface area contributed by atoms with Crippen LogP contribution in [0.3, 0.4) is 0 Å². The van der Waals surface area contributed by atoms with Crippen molar-refractivity contribution in [1.29, 1.82) is 0 Å². The van der Waals surface area contributed by atoms with Crippen LogP contribution in [0, 0.1) is 3.57 Å². The van der Waals surface area contributed by atoms with Gasteiger partial charge in [-0.15, -0.1) is 0 Å². The molecule has 0 aliphatic carbocycles. The largest absolute Gasteiger partial charge is 0.339 e. The van der Waals surface area contributed by atoms with Crippen LogP contribution < -0.4 is 5.32 Å². The van der Waals surface area contributed by atoms with Gasteiger partial charge in [-0.3, -0.25) is 0 Å². The van der Waals surface area contributed by atoms with E-state index in [1.54, 1.807) is 6.20 Å². The maximum absolute atomic E-state index is 4.13. The summed E-state index contributed by atoms with van der Waals surface area (Å²) in [6.45, 7) is 0. The Morgan fingerprint density at radius 2 is 2.20 bits per heavy atom. The van der Waals surface area contributed by atoms with Crippen molar-refractivity contribution in [1.82, 2.24) is 9.97 Å². The molecule has 0 radical (unpaired) electrons. The molecule has 0 saturated carbocycles. The second-order valence-electron chi connectivity index (χ2n) is 2.85. The summed E-state index contributed by atoms with van der Waals surface area (Å²) in [5, 5.41) is 3.21. The quantitative estimate of drug-likeness (QED) is 0.815. The zero-order chi connectivity index (χ0) is 10.7. The van der Waals surface area contributed by atoms with Crippen molar-refractivity contribution in [3.05, 3.63) is 44.8 Å². The Bertz CT molecular complexity index is 476. The molecule has 0 atom stereocenters. The molecule has 1 aromatic carbocycles. The Morgan fingerprint density at radius 1 is 1.33 bits per heavy atom. The van der Waals surface area contributed by atoms with Crippen molar-refractivity contribution in [2.24, 2.45) is 0 Å². The van der Waals surface area contributed by atoms with E-state index in [0.717, 1.165) is 16.0 Å². The first kappa shape index (κ1) is 10.8. The molecule has 0 saturated heterocycles. The molecule has 1 heterocycles. The van der Waals surface area contributed by atoms with E-state index >= 15 is 0 Å². The van der Waals surface area contributed by atoms with Gasteiger partial charge in [0.05, 0.1) is 4.47 Å². The van der Waals surface area contributed by atoms with Gasteiger partial charge in [0.15, 0.2) is 0 Å². The fraction of sp³-hybridized carbons (Fsp3) is 0. The third-order valence-corrected chi connectivity index (χ3v) is 3.01. The molecule has 1 N–H and O–H groups in total. The molecule has 2 aromatic rings. The van der Waals surface area contributed by atoms with Gasteiger partial charge in [-0.25, -0.2) is 9.97 Å². The highest BCUT2D eigenvalue weighted by Crippen LogP contribution is 2.22. The van der Waals surface area contributed by atoms with Crippen molar-refractivity contribution in [2.45, 2.75) is 0 Å². The highest BCUT2D eigenvalue weighted by Gasteiger charge is 2.00. The van der Waals surface area contributed by atoms with Gasteiger partial charge in [-0.2, -0.15) is 0 Å². The Labute approximate surface area is 110 Å². The van der Waals surface area contributed by atoms with E-state index in [-0.39, 0.29) is 0 Å². The molecule has 1 aromatic heterocycles. The van der Waals surface area contributed by atoms with Crippen LogP contribution in [-0.2, 0) is 0 Å². The average Bonchev–Trinajstić information content (AvgIpc) is 2.22. The number of aromatic nitrogens is 2. The third kappa shape index (κ3) is 2.88. The number of nitrogens with zero attached hydrogens (tertiary/aromatic N) is 2. The van der Waals surface area contributed by atoms with Crippen molar-refractivity contribution in [2.75, 3.05) is 5.32 Å². The second kappa shape index (κ2) is 4.89. The van der Waals surface area contributed by atoms with Gasteiger partial charge in [0.25, 0.3) is 0 Å². The molecule has 0 aliphatic rings. The molecule has 0 fully saturated rings. The smallest absolute Gasteiger partial charge is 0.148 e. The Hall–Kier alpha value is -0.690. The van der Waals surface area contributed by atoms with Gasteiger partial charge in [0.1, 0.15) is 12.1 Å². The van der Waals surface area contributed by atoms with Crippen molar-refractivity contribution in [3.63, 3.8) is 0 Å².